The van der Waals surface area contributed by atoms with Crippen molar-refractivity contribution >= 4 is 11.3 Å². The van der Waals surface area contributed by atoms with Gasteiger partial charge in [-0.1, -0.05) is 6.07 Å². The van der Waals surface area contributed by atoms with E-state index in [1.807, 2.05) is 0 Å². The average molecular weight is 314 g/mol. The Kier molecular flexibility index (Phi) is 4.32. The summed E-state index contributed by atoms with van der Waals surface area (Å²) in [5.41, 5.74) is 2.48. The lowest BCUT2D eigenvalue weighted by Crippen LogP contribution is -2.36. The molecule has 2 aromatic rings. The molecule has 4 nitrogen and oxygen atoms in total. The highest BCUT2D eigenvalue weighted by atomic mass is 32.1. The topological polar surface area (TPSA) is 45.5 Å². The summed E-state index contributed by atoms with van der Waals surface area (Å²) in [7, 11) is 3.31. The van der Waals surface area contributed by atoms with Crippen LogP contribution >= 0.6 is 11.3 Å². The van der Waals surface area contributed by atoms with E-state index in [0.29, 0.717) is 6.54 Å². The van der Waals surface area contributed by atoms with Crippen LogP contribution in [-0.4, -0.2) is 32.2 Å². The molecule has 0 spiro atoms. The summed E-state index contributed by atoms with van der Waals surface area (Å²) in [6.07, 6.45) is 0.916. The predicted molar refractivity (Wildman–Crippen MR) is 86.6 cm³/mol. The molecule has 2 heterocycles. The van der Waals surface area contributed by atoms with Crippen LogP contribution in [0.5, 0.6) is 11.5 Å². The monoisotopic (exact) mass is 314 g/mol. The Morgan fingerprint density at radius 3 is 2.73 bits per heavy atom. The fourth-order valence-electron chi connectivity index (χ4n) is 3.04. The fourth-order valence-corrected chi connectivity index (χ4v) is 3.92. The van der Waals surface area contributed by atoms with Crippen molar-refractivity contribution in [3.05, 3.63) is 45.6 Å². The molecule has 3 rings (SSSR count). The van der Waals surface area contributed by atoms with Crippen LogP contribution in [0.1, 0.15) is 22.0 Å². The van der Waals surface area contributed by atoms with Gasteiger partial charge < -0.3 is 9.47 Å². The summed E-state index contributed by atoms with van der Waals surface area (Å²) in [5, 5.41) is 11.2. The number of nitriles is 1. The lowest BCUT2D eigenvalue weighted by Gasteiger charge is -2.35. The molecule has 0 aliphatic carbocycles. The van der Waals surface area contributed by atoms with E-state index in [9.17, 15) is 0 Å². The Hall–Kier alpha value is -2.03. The van der Waals surface area contributed by atoms with Crippen molar-refractivity contribution in [3.63, 3.8) is 0 Å². The second-order valence-electron chi connectivity index (χ2n) is 5.20. The Morgan fingerprint density at radius 2 is 2.09 bits per heavy atom. The SMILES string of the molecule is COc1cc2c(cc1OC)[C@@H](c1cccs1)N(CC#N)CC2. The van der Waals surface area contributed by atoms with Gasteiger partial charge in [0.2, 0.25) is 0 Å². The molecule has 5 heteroatoms. The second-order valence-corrected chi connectivity index (χ2v) is 6.18. The minimum atomic E-state index is 0.114. The number of hydrogen-bond donors (Lipinski definition) is 0. The highest BCUT2D eigenvalue weighted by Gasteiger charge is 2.30. The van der Waals surface area contributed by atoms with Gasteiger partial charge in [0.15, 0.2) is 11.5 Å². The van der Waals surface area contributed by atoms with Crippen molar-refractivity contribution in [1.82, 2.24) is 4.90 Å². The van der Waals surface area contributed by atoms with Crippen molar-refractivity contribution in [2.24, 2.45) is 0 Å². The summed E-state index contributed by atoms with van der Waals surface area (Å²) in [5.74, 6) is 1.50. The van der Waals surface area contributed by atoms with Crippen molar-refractivity contribution in [3.8, 4) is 17.6 Å². The summed E-state index contributed by atoms with van der Waals surface area (Å²) < 4.78 is 10.9. The lowest BCUT2D eigenvalue weighted by atomic mass is 9.91. The largest absolute Gasteiger partial charge is 0.493 e. The first-order valence-corrected chi connectivity index (χ1v) is 8.05. The Bertz CT molecular complexity index is 691. The molecule has 1 aromatic heterocycles. The predicted octanol–water partition coefficient (Wildman–Crippen LogP) is 3.24. The van der Waals surface area contributed by atoms with Crippen LogP contribution in [0, 0.1) is 11.3 Å². The third kappa shape index (κ3) is 2.56. The summed E-state index contributed by atoms with van der Waals surface area (Å²) in [6.45, 7) is 1.30. The van der Waals surface area contributed by atoms with E-state index in [2.05, 4.69) is 40.6 Å². The molecule has 22 heavy (non-hydrogen) atoms. The molecule has 0 N–H and O–H groups in total. The van der Waals surface area contributed by atoms with E-state index < -0.39 is 0 Å². The molecule has 0 saturated carbocycles. The van der Waals surface area contributed by atoms with Gasteiger partial charge in [-0.2, -0.15) is 5.26 Å². The van der Waals surface area contributed by atoms with Crippen LogP contribution in [0.2, 0.25) is 0 Å². The fraction of sp³-hybridized carbons (Fsp3) is 0.353. The summed E-state index contributed by atoms with van der Waals surface area (Å²) >= 11 is 1.72. The molecule has 1 aromatic carbocycles. The van der Waals surface area contributed by atoms with Crippen molar-refractivity contribution in [1.29, 1.82) is 5.26 Å². The maximum Gasteiger partial charge on any atom is 0.161 e. The Balaban J connectivity index is 2.12. The Morgan fingerprint density at radius 1 is 1.32 bits per heavy atom. The smallest absolute Gasteiger partial charge is 0.161 e. The molecular weight excluding hydrogens is 296 g/mol. The number of ether oxygens (including phenoxy) is 2. The molecule has 0 unspecified atom stereocenters. The molecular formula is C17H18N2O2S. The molecule has 0 fully saturated rings. The molecule has 0 bridgehead atoms. The van der Waals surface area contributed by atoms with Gasteiger partial charge in [0.25, 0.3) is 0 Å². The van der Waals surface area contributed by atoms with Gasteiger partial charge in [-0.3, -0.25) is 4.90 Å². The highest BCUT2D eigenvalue weighted by molar-refractivity contribution is 7.10. The molecule has 1 atom stereocenters. The minimum absolute atomic E-state index is 0.114. The maximum atomic E-state index is 9.13. The zero-order chi connectivity index (χ0) is 15.5. The van der Waals surface area contributed by atoms with Gasteiger partial charge in [0, 0.05) is 11.4 Å². The standard InChI is InChI=1S/C17H18N2O2S/c1-20-14-10-12-5-7-19(8-6-18)17(16-4-3-9-22-16)13(12)11-15(14)21-2/h3-4,9-11,17H,5,7-8H2,1-2H3/t17-/m0/s1. The van der Waals surface area contributed by atoms with Gasteiger partial charge >= 0.3 is 0 Å². The molecule has 0 saturated heterocycles. The van der Waals surface area contributed by atoms with Crippen LogP contribution in [0.15, 0.2) is 29.6 Å². The van der Waals surface area contributed by atoms with E-state index in [1.54, 1.807) is 25.6 Å². The zero-order valence-electron chi connectivity index (χ0n) is 12.7. The highest BCUT2D eigenvalue weighted by Crippen LogP contribution is 2.41. The second kappa shape index (κ2) is 6.39. The van der Waals surface area contributed by atoms with E-state index in [-0.39, 0.29) is 6.04 Å². The third-order valence-electron chi connectivity index (χ3n) is 4.06. The minimum Gasteiger partial charge on any atom is -0.493 e. The first-order valence-electron chi connectivity index (χ1n) is 7.17. The number of benzene rings is 1. The van der Waals surface area contributed by atoms with Gasteiger partial charge in [-0.15, -0.1) is 11.3 Å². The van der Waals surface area contributed by atoms with Crippen molar-refractivity contribution < 1.29 is 9.47 Å². The van der Waals surface area contributed by atoms with Gasteiger partial charge in [-0.05, 0) is 41.1 Å². The lowest BCUT2D eigenvalue weighted by molar-refractivity contribution is 0.241. The number of fused-ring (bicyclic) bond motifs is 1. The van der Waals surface area contributed by atoms with Gasteiger partial charge in [-0.25, -0.2) is 0 Å². The third-order valence-corrected chi connectivity index (χ3v) is 4.98. The van der Waals surface area contributed by atoms with Crippen LogP contribution in [-0.2, 0) is 6.42 Å². The first kappa shape index (κ1) is 14.9. The zero-order valence-corrected chi connectivity index (χ0v) is 13.5. The first-order chi connectivity index (χ1) is 10.8. The van der Waals surface area contributed by atoms with Crippen molar-refractivity contribution in [2.45, 2.75) is 12.5 Å². The van der Waals surface area contributed by atoms with Gasteiger partial charge in [0.1, 0.15) is 0 Å². The number of rotatable bonds is 4. The molecule has 1 aliphatic heterocycles. The number of hydrogen-bond acceptors (Lipinski definition) is 5. The number of thiophene rings is 1. The molecule has 0 radical (unpaired) electrons. The van der Waals surface area contributed by atoms with E-state index in [1.165, 1.54) is 16.0 Å². The maximum absolute atomic E-state index is 9.13. The van der Waals surface area contributed by atoms with Gasteiger partial charge in [0.05, 0.1) is 32.9 Å². The van der Waals surface area contributed by atoms with Crippen LogP contribution < -0.4 is 9.47 Å². The number of nitrogens with zero attached hydrogens (tertiary/aromatic N) is 2. The number of methoxy groups -OCH3 is 2. The Labute approximate surface area is 134 Å². The van der Waals surface area contributed by atoms with E-state index >= 15 is 0 Å². The normalized spacial score (nSPS) is 17.6. The molecule has 114 valence electrons. The van der Waals surface area contributed by atoms with E-state index in [4.69, 9.17) is 14.7 Å². The molecule has 1 aliphatic rings. The van der Waals surface area contributed by atoms with Crippen molar-refractivity contribution in [2.75, 3.05) is 27.3 Å². The molecule has 0 amide bonds. The summed E-state index contributed by atoms with van der Waals surface area (Å²) in [4.78, 5) is 3.48. The summed E-state index contributed by atoms with van der Waals surface area (Å²) in [6, 6.07) is 10.7. The van der Waals surface area contributed by atoms with Crippen LogP contribution in [0.3, 0.4) is 0 Å². The van der Waals surface area contributed by atoms with Crippen LogP contribution in [0.4, 0.5) is 0 Å². The quantitative estimate of drug-likeness (QED) is 0.813. The average Bonchev–Trinajstić information content (AvgIpc) is 3.07. The van der Waals surface area contributed by atoms with Crippen LogP contribution in [0.25, 0.3) is 0 Å². The van der Waals surface area contributed by atoms with E-state index in [0.717, 1.165) is 24.5 Å².